The van der Waals surface area contributed by atoms with Crippen molar-refractivity contribution in [2.24, 2.45) is 7.05 Å². The second kappa shape index (κ2) is 5.63. The number of hydrogen-bond donors (Lipinski definition) is 2. The average molecular weight is 303 g/mol. The van der Waals surface area contributed by atoms with E-state index in [9.17, 15) is 14.0 Å². The van der Waals surface area contributed by atoms with Crippen LogP contribution >= 0.6 is 0 Å². The number of rotatable bonds is 3. The third-order valence-corrected chi connectivity index (χ3v) is 3.74. The van der Waals surface area contributed by atoms with Gasteiger partial charge in [-0.25, -0.2) is 4.39 Å². The van der Waals surface area contributed by atoms with E-state index < -0.39 is 5.82 Å². The lowest BCUT2D eigenvalue weighted by atomic mass is 10.1. The quantitative estimate of drug-likeness (QED) is 0.676. The molecule has 0 unspecified atom stereocenters. The summed E-state index contributed by atoms with van der Waals surface area (Å²) in [6.45, 7) is 4.97. The topological polar surface area (TPSA) is 77.1 Å². The first kappa shape index (κ1) is 15.8. The predicted octanol–water partition coefficient (Wildman–Crippen LogP) is 2.82. The highest BCUT2D eigenvalue weighted by Gasteiger charge is 2.23. The maximum atomic E-state index is 13.2. The van der Waals surface area contributed by atoms with E-state index in [-0.39, 0.29) is 17.4 Å². The van der Waals surface area contributed by atoms with Gasteiger partial charge in [0.25, 0.3) is 5.91 Å². The number of halogens is 1. The Morgan fingerprint density at radius 1 is 1.27 bits per heavy atom. The van der Waals surface area contributed by atoms with E-state index in [1.165, 1.54) is 25.1 Å². The molecule has 0 atom stereocenters. The maximum absolute atomic E-state index is 13.2. The Hall–Kier alpha value is -2.63. The number of anilines is 2. The van der Waals surface area contributed by atoms with Crippen LogP contribution in [0.25, 0.3) is 0 Å². The highest BCUT2D eigenvalue weighted by Crippen LogP contribution is 2.23. The zero-order valence-corrected chi connectivity index (χ0v) is 13.0. The van der Waals surface area contributed by atoms with Crippen molar-refractivity contribution in [1.82, 2.24) is 4.57 Å². The predicted molar refractivity (Wildman–Crippen MR) is 83.7 cm³/mol. The molecule has 116 valence electrons. The Balaban J connectivity index is 2.40. The molecule has 1 heterocycles. The maximum Gasteiger partial charge on any atom is 0.257 e. The van der Waals surface area contributed by atoms with Crippen molar-refractivity contribution in [3.05, 3.63) is 46.5 Å². The van der Waals surface area contributed by atoms with E-state index in [0.29, 0.717) is 28.2 Å². The highest BCUT2D eigenvalue weighted by molar-refractivity contribution is 6.09. The molecule has 0 saturated heterocycles. The molecule has 6 heteroatoms. The summed E-state index contributed by atoms with van der Waals surface area (Å²) in [5.41, 5.74) is 8.11. The van der Waals surface area contributed by atoms with Gasteiger partial charge >= 0.3 is 0 Å². The molecule has 0 bridgehead atoms. The molecule has 1 amide bonds. The molecule has 0 radical (unpaired) electrons. The zero-order chi connectivity index (χ0) is 16.6. The summed E-state index contributed by atoms with van der Waals surface area (Å²) >= 11 is 0. The molecule has 2 rings (SSSR count). The van der Waals surface area contributed by atoms with Gasteiger partial charge in [-0.15, -0.1) is 0 Å². The van der Waals surface area contributed by atoms with Crippen LogP contribution in [-0.4, -0.2) is 16.3 Å². The Labute approximate surface area is 127 Å². The van der Waals surface area contributed by atoms with E-state index in [1.54, 1.807) is 25.5 Å². The van der Waals surface area contributed by atoms with Gasteiger partial charge < -0.3 is 15.6 Å². The number of benzene rings is 1. The van der Waals surface area contributed by atoms with Gasteiger partial charge in [-0.2, -0.15) is 0 Å². The molecule has 5 nitrogen and oxygen atoms in total. The lowest BCUT2D eigenvalue weighted by Gasteiger charge is -2.07. The standard InChI is InChI=1S/C16H18FN3O2/c1-8-14(9(2)20(4)15(8)10(3)21)16(22)19-11-5-6-12(17)13(18)7-11/h5-7H,18H2,1-4H3,(H,19,22). The fourth-order valence-corrected chi connectivity index (χ4v) is 2.63. The highest BCUT2D eigenvalue weighted by atomic mass is 19.1. The van der Waals surface area contributed by atoms with E-state index >= 15 is 0 Å². The Bertz CT molecular complexity index is 778. The average Bonchev–Trinajstić information content (AvgIpc) is 2.64. The normalized spacial score (nSPS) is 10.6. The van der Waals surface area contributed by atoms with Crippen molar-refractivity contribution < 1.29 is 14.0 Å². The van der Waals surface area contributed by atoms with Gasteiger partial charge in [0.05, 0.1) is 16.9 Å². The van der Waals surface area contributed by atoms with Crippen LogP contribution in [0.2, 0.25) is 0 Å². The number of carbonyl (C=O) groups is 2. The molecule has 0 aliphatic carbocycles. The number of nitrogen functional groups attached to an aromatic ring is 1. The Morgan fingerprint density at radius 2 is 1.91 bits per heavy atom. The smallest absolute Gasteiger partial charge is 0.257 e. The summed E-state index contributed by atoms with van der Waals surface area (Å²) in [5.74, 6) is -0.999. The molecular formula is C16H18FN3O2. The minimum Gasteiger partial charge on any atom is -0.396 e. The van der Waals surface area contributed by atoms with Crippen molar-refractivity contribution in [1.29, 1.82) is 0 Å². The van der Waals surface area contributed by atoms with Crippen LogP contribution in [0.1, 0.15) is 39.0 Å². The van der Waals surface area contributed by atoms with Crippen LogP contribution in [0.3, 0.4) is 0 Å². The molecule has 2 aromatic rings. The number of aromatic nitrogens is 1. The van der Waals surface area contributed by atoms with E-state index in [2.05, 4.69) is 5.32 Å². The van der Waals surface area contributed by atoms with Crippen LogP contribution in [0.15, 0.2) is 18.2 Å². The van der Waals surface area contributed by atoms with Gasteiger partial charge in [-0.1, -0.05) is 0 Å². The molecular weight excluding hydrogens is 285 g/mol. The summed E-state index contributed by atoms with van der Waals surface area (Å²) < 4.78 is 14.9. The third-order valence-electron chi connectivity index (χ3n) is 3.74. The molecule has 0 aliphatic rings. The Morgan fingerprint density at radius 3 is 2.41 bits per heavy atom. The van der Waals surface area contributed by atoms with Crippen molar-refractivity contribution >= 4 is 23.1 Å². The molecule has 0 fully saturated rings. The second-order valence-corrected chi connectivity index (χ2v) is 5.24. The molecule has 0 aliphatic heterocycles. The molecule has 22 heavy (non-hydrogen) atoms. The fourth-order valence-electron chi connectivity index (χ4n) is 2.63. The third kappa shape index (κ3) is 2.59. The van der Waals surface area contributed by atoms with Gasteiger partial charge in [0, 0.05) is 25.4 Å². The lowest BCUT2D eigenvalue weighted by Crippen LogP contribution is -2.14. The van der Waals surface area contributed by atoms with Crippen LogP contribution in [0.4, 0.5) is 15.8 Å². The summed E-state index contributed by atoms with van der Waals surface area (Å²) in [7, 11) is 1.74. The first-order chi connectivity index (χ1) is 10.2. The second-order valence-electron chi connectivity index (χ2n) is 5.24. The number of ketones is 1. The Kier molecular flexibility index (Phi) is 4.03. The number of nitrogens with two attached hydrogens (primary N) is 1. The molecule has 0 saturated carbocycles. The number of hydrogen-bond acceptors (Lipinski definition) is 3. The van der Waals surface area contributed by atoms with Gasteiger partial charge in [0.15, 0.2) is 5.78 Å². The van der Waals surface area contributed by atoms with Gasteiger partial charge in [0.1, 0.15) is 5.82 Å². The first-order valence-corrected chi connectivity index (χ1v) is 6.77. The fraction of sp³-hybridized carbons (Fsp3) is 0.250. The summed E-state index contributed by atoms with van der Waals surface area (Å²) in [5, 5.41) is 2.68. The minimum atomic E-state index is -0.538. The van der Waals surface area contributed by atoms with Crippen LogP contribution in [0.5, 0.6) is 0 Å². The number of carbonyl (C=O) groups excluding carboxylic acids is 2. The monoisotopic (exact) mass is 303 g/mol. The van der Waals surface area contributed by atoms with E-state index in [0.717, 1.165) is 0 Å². The number of Topliss-reactive ketones (excluding diaryl/α,β-unsaturated/α-hetero) is 1. The van der Waals surface area contributed by atoms with Crippen LogP contribution in [0, 0.1) is 19.7 Å². The van der Waals surface area contributed by atoms with E-state index in [4.69, 9.17) is 5.73 Å². The van der Waals surface area contributed by atoms with Gasteiger partial charge in [0.2, 0.25) is 0 Å². The van der Waals surface area contributed by atoms with Crippen LogP contribution < -0.4 is 11.1 Å². The van der Waals surface area contributed by atoms with Gasteiger partial charge in [-0.05, 0) is 37.6 Å². The van der Waals surface area contributed by atoms with Crippen LogP contribution in [-0.2, 0) is 7.05 Å². The van der Waals surface area contributed by atoms with Gasteiger partial charge in [-0.3, -0.25) is 9.59 Å². The van der Waals surface area contributed by atoms with Crippen molar-refractivity contribution in [3.8, 4) is 0 Å². The lowest BCUT2D eigenvalue weighted by molar-refractivity contribution is 0.100. The van der Waals surface area contributed by atoms with Crippen molar-refractivity contribution in [2.75, 3.05) is 11.1 Å². The SMILES string of the molecule is CC(=O)c1c(C)c(C(=O)Nc2ccc(F)c(N)c2)c(C)n1C. The summed E-state index contributed by atoms with van der Waals surface area (Å²) in [6.07, 6.45) is 0. The minimum absolute atomic E-state index is 0.0382. The first-order valence-electron chi connectivity index (χ1n) is 6.77. The van der Waals surface area contributed by atoms with E-state index in [1.807, 2.05) is 0 Å². The molecule has 1 aromatic heterocycles. The number of amides is 1. The molecule has 1 aromatic carbocycles. The largest absolute Gasteiger partial charge is 0.396 e. The number of nitrogens with zero attached hydrogens (tertiary/aromatic N) is 1. The molecule has 3 N–H and O–H groups in total. The number of nitrogens with one attached hydrogen (secondary N) is 1. The summed E-state index contributed by atoms with van der Waals surface area (Å²) in [6, 6.07) is 3.98. The summed E-state index contributed by atoms with van der Waals surface area (Å²) in [4.78, 5) is 24.2. The molecule has 0 spiro atoms. The van der Waals surface area contributed by atoms with Crippen molar-refractivity contribution in [3.63, 3.8) is 0 Å². The van der Waals surface area contributed by atoms with Crippen molar-refractivity contribution in [2.45, 2.75) is 20.8 Å². The zero-order valence-electron chi connectivity index (χ0n) is 13.0.